The second-order valence-corrected chi connectivity index (χ2v) is 5.26. The second kappa shape index (κ2) is 7.03. The Labute approximate surface area is 143 Å². The van der Waals surface area contributed by atoms with Crippen molar-refractivity contribution in [2.75, 3.05) is 18.1 Å². The molecule has 0 N–H and O–H groups in total. The number of hydrogen-bond acceptors (Lipinski definition) is 5. The van der Waals surface area contributed by atoms with Crippen LogP contribution in [0, 0.1) is 11.3 Å². The first-order valence-electron chi connectivity index (χ1n) is 7.25. The molecule has 0 unspecified atom stereocenters. The third-order valence-electron chi connectivity index (χ3n) is 3.53. The lowest BCUT2D eigenvalue weighted by atomic mass is 10.1. The molecule has 2 rings (SSSR count). The monoisotopic (exact) mass is 382 g/mol. The highest BCUT2D eigenvalue weighted by Gasteiger charge is 2.53. The molecular weight excluding hydrogens is 370 g/mol. The van der Waals surface area contributed by atoms with Crippen LogP contribution in [-0.2, 0) is 20.4 Å². The summed E-state index contributed by atoms with van der Waals surface area (Å²) in [7, 11) is 0. The van der Waals surface area contributed by atoms with E-state index in [4.69, 9.17) is 5.26 Å². The summed E-state index contributed by atoms with van der Waals surface area (Å²) < 4.78 is 88.0. The maximum absolute atomic E-state index is 13.2. The number of hydrogen-bond donors (Lipinski definition) is 0. The summed E-state index contributed by atoms with van der Waals surface area (Å²) in [4.78, 5) is 12.1. The molecule has 1 aliphatic rings. The Morgan fingerprint density at radius 2 is 2.00 bits per heavy atom. The number of nitriles is 1. The molecule has 5 nitrogen and oxygen atoms in total. The van der Waals surface area contributed by atoms with E-state index in [-0.39, 0.29) is 6.61 Å². The van der Waals surface area contributed by atoms with Crippen molar-refractivity contribution in [3.05, 3.63) is 29.3 Å². The lowest BCUT2D eigenvalue weighted by Crippen LogP contribution is -2.42. The number of esters is 1. The normalized spacial score (nSPS) is 20.8. The smallest absolute Gasteiger partial charge is 0.433 e. The van der Waals surface area contributed by atoms with Gasteiger partial charge in [-0.1, -0.05) is 0 Å². The molecule has 1 aromatic rings. The van der Waals surface area contributed by atoms with Crippen LogP contribution in [0.4, 0.5) is 32.0 Å². The van der Waals surface area contributed by atoms with Crippen LogP contribution < -0.4 is 4.90 Å². The fraction of sp³-hybridized carbons (Fsp3) is 0.467. The van der Waals surface area contributed by atoms with Crippen LogP contribution in [0.5, 0.6) is 0 Å². The van der Waals surface area contributed by atoms with Crippen LogP contribution in [0.1, 0.15) is 18.1 Å². The Morgan fingerprint density at radius 1 is 1.35 bits per heavy atom. The van der Waals surface area contributed by atoms with E-state index in [0.717, 1.165) is 12.1 Å². The summed E-state index contributed by atoms with van der Waals surface area (Å²) in [6, 6.07) is 3.46. The van der Waals surface area contributed by atoms with Crippen molar-refractivity contribution in [1.29, 1.82) is 5.26 Å². The highest BCUT2D eigenvalue weighted by molar-refractivity contribution is 5.76. The molecule has 11 heteroatoms. The largest absolute Gasteiger partial charge is 0.464 e. The molecule has 1 heterocycles. The van der Waals surface area contributed by atoms with Gasteiger partial charge in [-0.2, -0.15) is 31.6 Å². The van der Waals surface area contributed by atoms with Crippen LogP contribution in [0.2, 0.25) is 0 Å². The standard InChI is InChI=1S/C15H12F6N2O3/c1-2-25-12(24)11-7-23(13(26-11)15(19,20)21)9-4-3-8(6-22)10(5-9)14(16,17)18/h3-5,11,13H,2,7H2,1H3/t11-,13+/m0/s1. The Kier molecular flexibility index (Phi) is 5.36. The van der Waals surface area contributed by atoms with Gasteiger partial charge in [-0.3, -0.25) is 0 Å². The zero-order chi connectivity index (χ0) is 19.7. The Balaban J connectivity index is 2.44. The molecule has 0 saturated carbocycles. The molecule has 1 aliphatic heterocycles. The molecule has 2 atom stereocenters. The van der Waals surface area contributed by atoms with Gasteiger partial charge in [0, 0.05) is 5.69 Å². The number of benzene rings is 1. The van der Waals surface area contributed by atoms with Gasteiger partial charge in [0.1, 0.15) is 0 Å². The number of carbonyl (C=O) groups excluding carboxylic acids is 1. The first kappa shape index (κ1) is 19.8. The molecule has 0 spiro atoms. The SMILES string of the molecule is CCOC(=O)[C@@H]1CN(c2ccc(C#N)c(C(F)(F)F)c2)[C@@H](C(F)(F)F)O1. The lowest BCUT2D eigenvalue weighted by Gasteiger charge is -2.27. The van der Waals surface area contributed by atoms with Crippen molar-refractivity contribution >= 4 is 11.7 Å². The zero-order valence-corrected chi connectivity index (χ0v) is 13.2. The Hall–Kier alpha value is -2.48. The van der Waals surface area contributed by atoms with Gasteiger partial charge in [0.05, 0.1) is 30.3 Å². The number of carbonyl (C=O) groups is 1. The summed E-state index contributed by atoms with van der Waals surface area (Å²) in [5, 5.41) is 8.76. The molecule has 1 aromatic carbocycles. The van der Waals surface area contributed by atoms with E-state index in [1.165, 1.54) is 13.0 Å². The van der Waals surface area contributed by atoms with Crippen LogP contribution in [0.3, 0.4) is 0 Å². The minimum Gasteiger partial charge on any atom is -0.464 e. The number of alkyl halides is 6. The van der Waals surface area contributed by atoms with Crippen molar-refractivity contribution < 1.29 is 40.6 Å². The topological polar surface area (TPSA) is 62.6 Å². The minimum absolute atomic E-state index is 0.0928. The molecule has 26 heavy (non-hydrogen) atoms. The minimum atomic E-state index is -4.96. The maximum atomic E-state index is 13.2. The quantitative estimate of drug-likeness (QED) is 0.593. The fourth-order valence-corrected chi connectivity index (χ4v) is 2.45. The summed E-state index contributed by atoms with van der Waals surface area (Å²) in [5.74, 6) is -1.05. The zero-order valence-electron chi connectivity index (χ0n) is 13.2. The van der Waals surface area contributed by atoms with Gasteiger partial charge in [0.15, 0.2) is 6.10 Å². The molecule has 142 valence electrons. The first-order chi connectivity index (χ1) is 12.0. The third kappa shape index (κ3) is 4.01. The summed E-state index contributed by atoms with van der Waals surface area (Å²) in [5.41, 5.74) is -2.59. The maximum Gasteiger partial charge on any atom is 0.433 e. The van der Waals surface area contributed by atoms with Gasteiger partial charge in [0.2, 0.25) is 6.23 Å². The second-order valence-electron chi connectivity index (χ2n) is 5.26. The average molecular weight is 382 g/mol. The van der Waals surface area contributed by atoms with Gasteiger partial charge in [-0.05, 0) is 25.1 Å². The summed E-state index contributed by atoms with van der Waals surface area (Å²) in [6.07, 6.45) is -14.1. The van der Waals surface area contributed by atoms with Crippen molar-refractivity contribution in [3.63, 3.8) is 0 Å². The number of halogens is 6. The van der Waals surface area contributed by atoms with E-state index in [1.54, 1.807) is 0 Å². The number of ether oxygens (including phenoxy) is 2. The molecular formula is C15H12F6N2O3. The molecule has 0 amide bonds. The molecule has 1 fully saturated rings. The summed E-state index contributed by atoms with van der Waals surface area (Å²) >= 11 is 0. The highest BCUT2D eigenvalue weighted by atomic mass is 19.4. The van der Waals surface area contributed by atoms with Gasteiger partial charge in [-0.25, -0.2) is 4.79 Å². The van der Waals surface area contributed by atoms with Gasteiger partial charge in [0.25, 0.3) is 0 Å². The van der Waals surface area contributed by atoms with Gasteiger partial charge >= 0.3 is 18.3 Å². The molecule has 1 saturated heterocycles. The van der Waals surface area contributed by atoms with E-state index in [2.05, 4.69) is 9.47 Å². The number of nitrogens with zero attached hydrogens (tertiary/aromatic N) is 2. The first-order valence-corrected chi connectivity index (χ1v) is 7.25. The van der Waals surface area contributed by atoms with Crippen molar-refractivity contribution in [3.8, 4) is 6.07 Å². The van der Waals surface area contributed by atoms with Gasteiger partial charge < -0.3 is 14.4 Å². The lowest BCUT2D eigenvalue weighted by molar-refractivity contribution is -0.216. The average Bonchev–Trinajstić information content (AvgIpc) is 2.99. The third-order valence-corrected chi connectivity index (χ3v) is 3.53. The molecule has 0 aliphatic carbocycles. The predicted octanol–water partition coefficient (Wildman–Crippen LogP) is 3.23. The highest BCUT2D eigenvalue weighted by Crippen LogP contribution is 2.39. The fourth-order valence-electron chi connectivity index (χ4n) is 2.45. The Morgan fingerprint density at radius 3 is 2.50 bits per heavy atom. The Bertz CT molecular complexity index is 726. The van der Waals surface area contributed by atoms with Crippen LogP contribution >= 0.6 is 0 Å². The summed E-state index contributed by atoms with van der Waals surface area (Å²) in [6.45, 7) is 0.707. The van der Waals surface area contributed by atoms with Gasteiger partial charge in [-0.15, -0.1) is 0 Å². The van der Waals surface area contributed by atoms with E-state index in [9.17, 15) is 31.1 Å². The van der Waals surface area contributed by atoms with E-state index in [1.807, 2.05) is 0 Å². The van der Waals surface area contributed by atoms with Crippen LogP contribution in [0.15, 0.2) is 18.2 Å². The van der Waals surface area contributed by atoms with Crippen molar-refractivity contribution in [2.45, 2.75) is 31.6 Å². The van der Waals surface area contributed by atoms with Crippen LogP contribution in [-0.4, -0.2) is 37.6 Å². The number of rotatable bonds is 3. The van der Waals surface area contributed by atoms with Crippen molar-refractivity contribution in [1.82, 2.24) is 0 Å². The van der Waals surface area contributed by atoms with E-state index in [0.29, 0.717) is 11.0 Å². The van der Waals surface area contributed by atoms with E-state index >= 15 is 0 Å². The predicted molar refractivity (Wildman–Crippen MR) is 74.9 cm³/mol. The van der Waals surface area contributed by atoms with E-state index < -0.39 is 54.0 Å². The molecule has 0 aromatic heterocycles. The molecule has 0 radical (unpaired) electrons. The van der Waals surface area contributed by atoms with Crippen molar-refractivity contribution in [2.24, 2.45) is 0 Å². The molecule has 0 bridgehead atoms. The number of anilines is 1. The van der Waals surface area contributed by atoms with Crippen LogP contribution in [0.25, 0.3) is 0 Å².